The first kappa shape index (κ1) is 10.7. The van der Waals surface area contributed by atoms with Gasteiger partial charge in [0.15, 0.2) is 11.9 Å². The molecule has 1 aliphatic rings. The summed E-state index contributed by atoms with van der Waals surface area (Å²) in [5.41, 5.74) is 1.23. The van der Waals surface area contributed by atoms with Gasteiger partial charge < -0.3 is 9.64 Å². The largest absolute Gasteiger partial charge is 0.479 e. The van der Waals surface area contributed by atoms with Gasteiger partial charge in [0.25, 0.3) is 5.91 Å². The molecule has 1 unspecified atom stereocenters. The Morgan fingerprint density at radius 2 is 2.12 bits per heavy atom. The van der Waals surface area contributed by atoms with E-state index in [1.165, 1.54) is 11.8 Å². The molecule has 1 aromatic carbocycles. The first-order valence-corrected chi connectivity index (χ1v) is 5.10. The third kappa shape index (κ3) is 1.56. The minimum atomic E-state index is -0.472. The third-order valence-electron chi connectivity index (χ3n) is 2.71. The van der Waals surface area contributed by atoms with Crippen LogP contribution in [0.15, 0.2) is 18.2 Å². The van der Waals surface area contributed by atoms with E-state index in [4.69, 9.17) is 4.74 Å². The molecule has 4 heteroatoms. The van der Waals surface area contributed by atoms with Crippen LogP contribution < -0.4 is 9.64 Å². The molecule has 0 spiro atoms. The number of rotatable bonds is 1. The van der Waals surface area contributed by atoms with Gasteiger partial charge in [-0.15, -0.1) is 0 Å². The Hall–Kier alpha value is -1.84. The SMILES string of the molecule is CC(=O)c1ccc2c(c1)N(C)C(=O)C(C)O2. The van der Waals surface area contributed by atoms with E-state index in [-0.39, 0.29) is 11.7 Å². The maximum absolute atomic E-state index is 11.7. The summed E-state index contributed by atoms with van der Waals surface area (Å²) < 4.78 is 5.45. The third-order valence-corrected chi connectivity index (χ3v) is 2.71. The molecule has 0 bridgehead atoms. The van der Waals surface area contributed by atoms with Gasteiger partial charge in [0, 0.05) is 12.6 Å². The second-order valence-corrected chi connectivity index (χ2v) is 3.90. The molecule has 0 saturated carbocycles. The number of anilines is 1. The Balaban J connectivity index is 2.50. The molecule has 0 saturated heterocycles. The van der Waals surface area contributed by atoms with Crippen molar-refractivity contribution in [2.45, 2.75) is 20.0 Å². The number of hydrogen-bond acceptors (Lipinski definition) is 3. The van der Waals surface area contributed by atoms with Crippen molar-refractivity contribution < 1.29 is 14.3 Å². The second kappa shape index (κ2) is 3.63. The molecular formula is C12H13NO3. The molecule has 1 aliphatic heterocycles. The summed E-state index contributed by atoms with van der Waals surface area (Å²) in [6.45, 7) is 3.20. The van der Waals surface area contributed by atoms with Gasteiger partial charge >= 0.3 is 0 Å². The molecule has 2 rings (SSSR count). The Kier molecular flexibility index (Phi) is 2.42. The zero-order valence-electron chi connectivity index (χ0n) is 9.48. The lowest BCUT2D eigenvalue weighted by Crippen LogP contribution is -2.42. The van der Waals surface area contributed by atoms with Gasteiger partial charge in [-0.05, 0) is 32.0 Å². The van der Waals surface area contributed by atoms with Crippen molar-refractivity contribution in [1.29, 1.82) is 0 Å². The van der Waals surface area contributed by atoms with Gasteiger partial charge in [0.2, 0.25) is 0 Å². The van der Waals surface area contributed by atoms with Crippen molar-refractivity contribution in [3.63, 3.8) is 0 Å². The average Bonchev–Trinajstić information content (AvgIpc) is 2.25. The highest BCUT2D eigenvalue weighted by Crippen LogP contribution is 2.33. The minimum absolute atomic E-state index is 0.0257. The standard InChI is InChI=1S/C12H13NO3/c1-7(14)9-4-5-11-10(6-9)13(3)12(15)8(2)16-11/h4-6,8H,1-3H3. The number of fused-ring (bicyclic) bond motifs is 1. The number of carbonyl (C=O) groups is 2. The van der Waals surface area contributed by atoms with E-state index in [9.17, 15) is 9.59 Å². The van der Waals surface area contributed by atoms with Gasteiger partial charge in [-0.1, -0.05) is 0 Å². The lowest BCUT2D eigenvalue weighted by Gasteiger charge is -2.30. The van der Waals surface area contributed by atoms with E-state index < -0.39 is 6.10 Å². The van der Waals surface area contributed by atoms with E-state index in [2.05, 4.69) is 0 Å². The Labute approximate surface area is 93.8 Å². The zero-order chi connectivity index (χ0) is 11.9. The number of ketones is 1. The normalized spacial score (nSPS) is 19.1. The number of Topliss-reactive ketones (excluding diaryl/α,β-unsaturated/α-hetero) is 1. The smallest absolute Gasteiger partial charge is 0.267 e. The molecule has 0 aliphatic carbocycles. The second-order valence-electron chi connectivity index (χ2n) is 3.90. The minimum Gasteiger partial charge on any atom is -0.479 e. The molecule has 1 heterocycles. The van der Waals surface area contributed by atoms with Gasteiger partial charge in [0.05, 0.1) is 5.69 Å². The molecule has 1 amide bonds. The average molecular weight is 219 g/mol. The van der Waals surface area contributed by atoms with Gasteiger partial charge in [-0.25, -0.2) is 0 Å². The van der Waals surface area contributed by atoms with Crippen LogP contribution in [0.5, 0.6) is 5.75 Å². The topological polar surface area (TPSA) is 46.6 Å². The number of benzene rings is 1. The van der Waals surface area contributed by atoms with E-state index in [1.807, 2.05) is 0 Å². The number of ether oxygens (including phenoxy) is 1. The lowest BCUT2D eigenvalue weighted by molar-refractivity contribution is -0.125. The summed E-state index contributed by atoms with van der Waals surface area (Å²) in [6.07, 6.45) is -0.472. The summed E-state index contributed by atoms with van der Waals surface area (Å²) in [4.78, 5) is 24.4. The highest BCUT2D eigenvalue weighted by Gasteiger charge is 2.29. The Morgan fingerprint density at radius 1 is 1.44 bits per heavy atom. The van der Waals surface area contributed by atoms with Gasteiger partial charge in [-0.2, -0.15) is 0 Å². The summed E-state index contributed by atoms with van der Waals surface area (Å²) in [6, 6.07) is 5.12. The van der Waals surface area contributed by atoms with Crippen LogP contribution in [-0.2, 0) is 4.79 Å². The number of nitrogens with zero attached hydrogens (tertiary/aromatic N) is 1. The number of likely N-dealkylation sites (N-methyl/N-ethyl adjacent to an activating group) is 1. The molecule has 84 valence electrons. The Bertz CT molecular complexity index is 467. The van der Waals surface area contributed by atoms with Crippen molar-refractivity contribution in [3.05, 3.63) is 23.8 Å². The lowest BCUT2D eigenvalue weighted by atomic mass is 10.1. The van der Waals surface area contributed by atoms with Crippen molar-refractivity contribution in [2.75, 3.05) is 11.9 Å². The first-order valence-electron chi connectivity index (χ1n) is 5.10. The van der Waals surface area contributed by atoms with Crippen LogP contribution in [-0.4, -0.2) is 24.8 Å². The maximum Gasteiger partial charge on any atom is 0.267 e. The molecule has 1 atom stereocenters. The molecule has 1 aromatic rings. The predicted octanol–water partition coefficient (Wildman–Crippen LogP) is 1.63. The highest BCUT2D eigenvalue weighted by atomic mass is 16.5. The van der Waals surface area contributed by atoms with E-state index >= 15 is 0 Å². The highest BCUT2D eigenvalue weighted by molar-refractivity contribution is 6.02. The van der Waals surface area contributed by atoms with Crippen molar-refractivity contribution in [1.82, 2.24) is 0 Å². The molecule has 0 aromatic heterocycles. The maximum atomic E-state index is 11.7. The quantitative estimate of drug-likeness (QED) is 0.674. The Morgan fingerprint density at radius 3 is 2.75 bits per heavy atom. The fourth-order valence-electron chi connectivity index (χ4n) is 1.73. The summed E-state index contributed by atoms with van der Waals surface area (Å²) in [5, 5.41) is 0. The van der Waals surface area contributed by atoms with Crippen LogP contribution in [0.1, 0.15) is 24.2 Å². The van der Waals surface area contributed by atoms with Crippen LogP contribution >= 0.6 is 0 Å². The van der Waals surface area contributed by atoms with Crippen LogP contribution in [0.3, 0.4) is 0 Å². The predicted molar refractivity (Wildman–Crippen MR) is 59.9 cm³/mol. The summed E-state index contributed by atoms with van der Waals surface area (Å²) in [5.74, 6) is 0.509. The number of hydrogen-bond donors (Lipinski definition) is 0. The molecule has 4 nitrogen and oxygen atoms in total. The fraction of sp³-hybridized carbons (Fsp3) is 0.333. The number of amides is 1. The van der Waals surface area contributed by atoms with Crippen LogP contribution in [0.2, 0.25) is 0 Å². The van der Waals surface area contributed by atoms with Gasteiger partial charge in [0.1, 0.15) is 5.75 Å². The first-order chi connectivity index (χ1) is 7.50. The zero-order valence-corrected chi connectivity index (χ0v) is 9.48. The molecular weight excluding hydrogens is 206 g/mol. The van der Waals surface area contributed by atoms with Crippen LogP contribution in [0, 0.1) is 0 Å². The van der Waals surface area contributed by atoms with Crippen LogP contribution in [0.4, 0.5) is 5.69 Å². The van der Waals surface area contributed by atoms with Crippen LogP contribution in [0.25, 0.3) is 0 Å². The fourth-order valence-corrected chi connectivity index (χ4v) is 1.73. The van der Waals surface area contributed by atoms with Crippen molar-refractivity contribution >= 4 is 17.4 Å². The van der Waals surface area contributed by atoms with Crippen molar-refractivity contribution in [3.8, 4) is 5.75 Å². The molecule has 16 heavy (non-hydrogen) atoms. The molecule has 0 radical (unpaired) electrons. The van der Waals surface area contributed by atoms with Gasteiger partial charge in [-0.3, -0.25) is 9.59 Å². The van der Waals surface area contributed by atoms with E-state index in [0.717, 1.165) is 0 Å². The van der Waals surface area contributed by atoms with E-state index in [0.29, 0.717) is 17.0 Å². The van der Waals surface area contributed by atoms with Crippen molar-refractivity contribution in [2.24, 2.45) is 0 Å². The monoisotopic (exact) mass is 219 g/mol. The summed E-state index contributed by atoms with van der Waals surface area (Å²) >= 11 is 0. The summed E-state index contributed by atoms with van der Waals surface area (Å²) in [7, 11) is 1.68. The molecule has 0 fully saturated rings. The van der Waals surface area contributed by atoms with E-state index in [1.54, 1.807) is 32.2 Å². The molecule has 0 N–H and O–H groups in total. The number of carbonyl (C=O) groups excluding carboxylic acids is 2.